The maximum Gasteiger partial charge on any atom is 0.352 e. The van der Waals surface area contributed by atoms with Crippen LogP contribution >= 0.6 is 23.5 Å². The van der Waals surface area contributed by atoms with Gasteiger partial charge in [-0.15, -0.1) is 22.0 Å². The molecule has 270 valence electrons. The van der Waals surface area contributed by atoms with Crippen LogP contribution in [0.5, 0.6) is 5.75 Å². The number of phenolic OH excluding ortho intramolecular Hbond substituents is 1. The summed E-state index contributed by atoms with van der Waals surface area (Å²) in [5, 5.41) is 32.7. The number of aliphatic carboxylic acids is 1. The largest absolute Gasteiger partial charge is 0.508 e. The Morgan fingerprint density at radius 1 is 1.13 bits per heavy atom. The number of hydrogen-bond acceptors (Lipinski definition) is 14. The van der Waals surface area contributed by atoms with Crippen LogP contribution in [0.1, 0.15) is 17.5 Å². The van der Waals surface area contributed by atoms with Crippen molar-refractivity contribution in [2.45, 2.75) is 29.6 Å². The first kappa shape index (κ1) is 35.8. The lowest BCUT2D eigenvalue weighted by Gasteiger charge is -2.49. The smallest absolute Gasteiger partial charge is 0.352 e. The summed E-state index contributed by atoms with van der Waals surface area (Å²) in [6, 6.07) is 8.55. The minimum absolute atomic E-state index is 0.0446. The van der Waals surface area contributed by atoms with Crippen LogP contribution in [0, 0.1) is 6.92 Å². The van der Waals surface area contributed by atoms with E-state index >= 15 is 0 Å². The molecule has 18 nitrogen and oxygen atoms in total. The van der Waals surface area contributed by atoms with E-state index in [4.69, 9.17) is 10.2 Å². The Hall–Kier alpha value is -6.02. The normalized spacial score (nSPS) is 17.1. The summed E-state index contributed by atoms with van der Waals surface area (Å²) >= 11 is 2.37. The number of thioether (sulfide) groups is 2. The third-order valence-electron chi connectivity index (χ3n) is 8.06. The molecule has 2 aromatic carbocycles. The van der Waals surface area contributed by atoms with Gasteiger partial charge >= 0.3 is 12.0 Å². The second-order valence-electron chi connectivity index (χ2n) is 11.7. The van der Waals surface area contributed by atoms with Gasteiger partial charge in [-0.2, -0.15) is 0 Å². The molecule has 6 rings (SSSR count). The van der Waals surface area contributed by atoms with Crippen molar-refractivity contribution in [3.05, 3.63) is 87.8 Å². The maximum absolute atomic E-state index is 14.1. The summed E-state index contributed by atoms with van der Waals surface area (Å²) in [4.78, 5) is 76.9. The monoisotopic (exact) mass is 748 g/mol. The van der Waals surface area contributed by atoms with Gasteiger partial charge in [0, 0.05) is 43.9 Å². The number of aromatic amines is 1. The number of carbonyl (C=O) groups is 4. The van der Waals surface area contributed by atoms with E-state index in [9.17, 15) is 34.2 Å². The summed E-state index contributed by atoms with van der Waals surface area (Å²) in [7, 11) is 3.79. The number of anilines is 4. The quantitative estimate of drug-likeness (QED) is 0.0897. The molecule has 52 heavy (non-hydrogen) atoms. The SMILES string of the molecule is Cc1nnc(SCC2=C(C(=O)O)N3C(=O)C(NC(=O)C(c4ccc(O)cc4)N(C(N)=O)c4cnc(Nc5ccc(N(C)C)cc5)[nH]c4=O)[C@H]3SC2)o1. The van der Waals surface area contributed by atoms with E-state index in [0.29, 0.717) is 17.2 Å². The summed E-state index contributed by atoms with van der Waals surface area (Å²) in [5.41, 5.74) is 6.53. The van der Waals surface area contributed by atoms with Crippen LogP contribution in [-0.4, -0.2) is 96.1 Å². The van der Waals surface area contributed by atoms with Gasteiger partial charge in [-0.05, 0) is 47.5 Å². The number of phenols is 1. The number of fused-ring (bicyclic) bond motifs is 1. The second kappa shape index (κ2) is 14.7. The number of carbonyl (C=O) groups excluding carboxylic acids is 3. The number of primary amides is 1. The third-order valence-corrected chi connectivity index (χ3v) is 10.3. The Bertz CT molecular complexity index is 2120. The number of nitrogens with two attached hydrogens (primary N) is 1. The van der Waals surface area contributed by atoms with Crippen LogP contribution in [-0.2, 0) is 14.4 Å². The first-order valence-electron chi connectivity index (χ1n) is 15.5. The summed E-state index contributed by atoms with van der Waals surface area (Å²) in [6.45, 7) is 1.62. The van der Waals surface area contributed by atoms with Crippen molar-refractivity contribution in [2.75, 3.05) is 40.7 Å². The van der Waals surface area contributed by atoms with Crippen LogP contribution in [0.25, 0.3) is 0 Å². The van der Waals surface area contributed by atoms with Crippen molar-refractivity contribution < 1.29 is 33.8 Å². The molecular formula is C32H32N10O8S2. The molecule has 1 fully saturated rings. The number of H-pyrrole nitrogens is 1. The molecular weight excluding hydrogens is 717 g/mol. The van der Waals surface area contributed by atoms with Crippen molar-refractivity contribution in [2.24, 2.45) is 5.73 Å². The van der Waals surface area contributed by atoms with Crippen molar-refractivity contribution in [3.63, 3.8) is 0 Å². The fourth-order valence-corrected chi connectivity index (χ4v) is 7.86. The fraction of sp³-hybridized carbons (Fsp3) is 0.250. The number of aromatic nitrogens is 4. The van der Waals surface area contributed by atoms with Crippen LogP contribution in [0.15, 0.2) is 80.4 Å². The summed E-state index contributed by atoms with van der Waals surface area (Å²) in [5.74, 6) is -2.27. The second-order valence-corrected chi connectivity index (χ2v) is 13.8. The first-order chi connectivity index (χ1) is 24.8. The van der Waals surface area contributed by atoms with Crippen molar-refractivity contribution in [1.29, 1.82) is 0 Å². The van der Waals surface area contributed by atoms with Gasteiger partial charge in [0.25, 0.3) is 16.7 Å². The van der Waals surface area contributed by atoms with E-state index in [1.807, 2.05) is 31.1 Å². The molecule has 0 bridgehead atoms. The molecule has 4 amide bonds. The van der Waals surface area contributed by atoms with Gasteiger partial charge in [-0.3, -0.25) is 29.2 Å². The maximum atomic E-state index is 14.1. The molecule has 20 heteroatoms. The number of urea groups is 1. The number of rotatable bonds is 12. The van der Waals surface area contributed by atoms with Gasteiger partial charge in [0.2, 0.25) is 17.7 Å². The standard InChI is InChI=1S/C32H32N10O8S2/c1-15-38-39-32(50-15)52-14-17-13-51-28-22(27(46)42(28)24(17)29(47)48)36-26(45)23(16-4-10-20(43)11-5-16)41(30(33)49)21-12-34-31(37-25(21)44)35-18-6-8-19(9-7-18)40(2)3/h4-12,22-23,28,43H,13-14H2,1-3H3,(H2,33,49)(H,36,45)(H,47,48)(H2,34,35,37,44)/t22?,23?,28-/m1/s1. The van der Waals surface area contributed by atoms with Gasteiger partial charge in [0.15, 0.2) is 0 Å². The molecule has 4 aromatic rings. The Morgan fingerprint density at radius 2 is 1.85 bits per heavy atom. The molecule has 0 spiro atoms. The van der Waals surface area contributed by atoms with Crippen molar-refractivity contribution >= 4 is 70.3 Å². The summed E-state index contributed by atoms with van der Waals surface area (Å²) in [6.07, 6.45) is 1.08. The number of amides is 4. The number of carboxylic acid groups (broad SMARTS) is 1. The van der Waals surface area contributed by atoms with Gasteiger partial charge in [0.1, 0.15) is 34.6 Å². The molecule has 0 radical (unpaired) electrons. The number of aromatic hydroxyl groups is 1. The average Bonchev–Trinajstić information content (AvgIpc) is 3.53. The highest BCUT2D eigenvalue weighted by molar-refractivity contribution is 8.01. The molecule has 1 saturated heterocycles. The zero-order valence-electron chi connectivity index (χ0n) is 27.8. The van der Waals surface area contributed by atoms with Crippen molar-refractivity contribution in [1.82, 2.24) is 30.4 Å². The molecule has 2 aliphatic rings. The van der Waals surface area contributed by atoms with E-state index in [-0.39, 0.29) is 45.4 Å². The number of carboxylic acids is 1. The van der Waals surface area contributed by atoms with Crippen LogP contribution in [0.2, 0.25) is 0 Å². The molecule has 7 N–H and O–H groups in total. The van der Waals surface area contributed by atoms with Crippen LogP contribution in [0.3, 0.4) is 0 Å². The lowest BCUT2D eigenvalue weighted by molar-refractivity contribution is -0.150. The minimum atomic E-state index is -1.62. The predicted octanol–water partition coefficient (Wildman–Crippen LogP) is 2.13. The number of aryl methyl sites for hydroxylation is 1. The van der Waals surface area contributed by atoms with E-state index in [1.54, 1.807) is 19.1 Å². The molecule has 4 heterocycles. The Balaban J connectivity index is 1.25. The average molecular weight is 749 g/mol. The number of benzene rings is 2. The zero-order chi connectivity index (χ0) is 37.3. The van der Waals surface area contributed by atoms with Crippen molar-refractivity contribution in [3.8, 4) is 5.75 Å². The number of nitrogens with zero attached hydrogens (tertiary/aromatic N) is 6. The van der Waals surface area contributed by atoms with Crippen LogP contribution in [0.4, 0.5) is 27.8 Å². The molecule has 0 aliphatic carbocycles. The highest BCUT2D eigenvalue weighted by Gasteiger charge is 2.55. The van der Waals surface area contributed by atoms with Gasteiger partial charge < -0.3 is 35.9 Å². The van der Waals surface area contributed by atoms with E-state index in [1.165, 1.54) is 36.0 Å². The van der Waals surface area contributed by atoms with Gasteiger partial charge in [-0.1, -0.05) is 23.9 Å². The Kier molecular flexibility index (Phi) is 10.1. The van der Waals surface area contributed by atoms with E-state index in [2.05, 4.69) is 30.8 Å². The van der Waals surface area contributed by atoms with Crippen LogP contribution < -0.4 is 31.7 Å². The number of hydrogen-bond donors (Lipinski definition) is 6. The predicted molar refractivity (Wildman–Crippen MR) is 191 cm³/mol. The van der Waals surface area contributed by atoms with E-state index in [0.717, 1.165) is 33.4 Å². The highest BCUT2D eigenvalue weighted by atomic mass is 32.2. The molecule has 0 saturated carbocycles. The molecule has 2 unspecified atom stereocenters. The highest BCUT2D eigenvalue weighted by Crippen LogP contribution is 2.42. The minimum Gasteiger partial charge on any atom is -0.508 e. The summed E-state index contributed by atoms with van der Waals surface area (Å²) < 4.78 is 5.35. The molecule has 3 atom stereocenters. The lowest BCUT2D eigenvalue weighted by Crippen LogP contribution is -2.71. The zero-order valence-corrected chi connectivity index (χ0v) is 29.4. The lowest BCUT2D eigenvalue weighted by atomic mass is 10.00. The third kappa shape index (κ3) is 7.23. The Morgan fingerprint density at radius 3 is 2.44 bits per heavy atom. The number of nitrogens with one attached hydrogen (secondary N) is 3. The Labute approximate surface area is 303 Å². The van der Waals surface area contributed by atoms with E-state index < -0.39 is 46.8 Å². The van der Waals surface area contributed by atoms with Gasteiger partial charge in [-0.25, -0.2) is 14.6 Å². The fourth-order valence-electron chi connectivity index (χ4n) is 5.57. The molecule has 2 aliphatic heterocycles. The first-order valence-corrected chi connectivity index (χ1v) is 17.5. The van der Waals surface area contributed by atoms with Gasteiger partial charge in [0.05, 0.1) is 6.20 Å². The topological polar surface area (TPSA) is 253 Å². The molecule has 2 aromatic heterocycles. The number of β-lactam (4-membered cyclic amide) rings is 1.